The second-order valence-electron chi connectivity index (χ2n) is 8.90. The van der Waals surface area contributed by atoms with Crippen molar-refractivity contribution < 1.29 is 28.3 Å². The van der Waals surface area contributed by atoms with Crippen molar-refractivity contribution in [2.75, 3.05) is 6.61 Å². The van der Waals surface area contributed by atoms with Gasteiger partial charge in [0.1, 0.15) is 11.4 Å². The summed E-state index contributed by atoms with van der Waals surface area (Å²) in [6.07, 6.45) is 3.64. The van der Waals surface area contributed by atoms with E-state index in [1.54, 1.807) is 36.4 Å². The van der Waals surface area contributed by atoms with Crippen LogP contribution < -0.4 is 10.7 Å². The molecule has 1 saturated heterocycles. The normalized spacial score (nSPS) is 16.8. The van der Waals surface area contributed by atoms with E-state index in [0.717, 1.165) is 19.3 Å². The molecule has 0 atom stereocenters. The van der Waals surface area contributed by atoms with Gasteiger partial charge >= 0.3 is 12.0 Å². The number of amides is 4. The van der Waals surface area contributed by atoms with E-state index in [9.17, 15) is 23.6 Å². The Kier molecular flexibility index (Phi) is 6.09. The molecule has 1 saturated carbocycles. The molecule has 2 aromatic carbocycles. The third-order valence-electron chi connectivity index (χ3n) is 6.52. The van der Waals surface area contributed by atoms with Crippen molar-refractivity contribution in [3.8, 4) is 11.3 Å². The second kappa shape index (κ2) is 9.37. The van der Waals surface area contributed by atoms with E-state index in [4.69, 9.17) is 4.74 Å². The van der Waals surface area contributed by atoms with E-state index < -0.39 is 41.8 Å². The molecule has 1 aliphatic heterocycles. The number of nitrogens with one attached hydrogen (secondary N) is 2. The first-order valence-electron chi connectivity index (χ1n) is 11.7. The number of carbonyl (C=O) groups is 4. The van der Waals surface area contributed by atoms with E-state index in [-0.39, 0.29) is 5.56 Å². The molecule has 36 heavy (non-hydrogen) atoms. The van der Waals surface area contributed by atoms with Gasteiger partial charge in [-0.15, -0.1) is 0 Å². The molecule has 2 aliphatic rings. The molecule has 1 aromatic heterocycles. The van der Waals surface area contributed by atoms with Gasteiger partial charge in [0.25, 0.3) is 11.8 Å². The number of halogens is 1. The lowest BCUT2D eigenvalue weighted by Gasteiger charge is -2.30. The standard InChI is InChI=1S/C26H23FN4O5/c27-17-10-8-16(9-11-17)21-14-19(18-6-2-3-7-20(18)28-21)23(33)36-15-22(32)30-31-24(34)26(29-25(31)35)12-4-1-5-13-26/h2-3,6-11,14H,1,4-5,12-13,15H2,(H,29,35)(H,30,32). The fraction of sp³-hybridized carbons (Fsp3) is 0.269. The molecule has 2 heterocycles. The van der Waals surface area contributed by atoms with Gasteiger partial charge in [-0.3, -0.25) is 15.0 Å². The van der Waals surface area contributed by atoms with Crippen LogP contribution in [-0.4, -0.2) is 46.0 Å². The van der Waals surface area contributed by atoms with E-state index in [0.29, 0.717) is 40.0 Å². The molecule has 3 aromatic rings. The van der Waals surface area contributed by atoms with Crippen molar-refractivity contribution in [3.05, 3.63) is 66.0 Å². The topological polar surface area (TPSA) is 118 Å². The SMILES string of the molecule is O=C(COC(=O)c1cc(-c2ccc(F)cc2)nc2ccccc12)NN1C(=O)NC2(CCCCC2)C1=O. The molecule has 4 amide bonds. The molecule has 1 spiro atoms. The van der Waals surface area contributed by atoms with E-state index in [1.165, 1.54) is 18.2 Å². The predicted molar refractivity (Wildman–Crippen MR) is 127 cm³/mol. The number of ether oxygens (including phenoxy) is 1. The molecule has 184 valence electrons. The third-order valence-corrected chi connectivity index (χ3v) is 6.52. The lowest BCUT2D eigenvalue weighted by Crippen LogP contribution is -2.51. The number of imide groups is 1. The molecule has 9 nitrogen and oxygen atoms in total. The van der Waals surface area contributed by atoms with Crippen LogP contribution in [0.3, 0.4) is 0 Å². The molecular formula is C26H23FN4O5. The van der Waals surface area contributed by atoms with E-state index >= 15 is 0 Å². The zero-order valence-electron chi connectivity index (χ0n) is 19.3. The van der Waals surface area contributed by atoms with Gasteiger partial charge in [-0.2, -0.15) is 5.01 Å². The Balaban J connectivity index is 1.30. The Morgan fingerprint density at radius 1 is 1.06 bits per heavy atom. The van der Waals surface area contributed by atoms with Crippen molar-refractivity contribution in [2.45, 2.75) is 37.6 Å². The van der Waals surface area contributed by atoms with Crippen LogP contribution in [-0.2, 0) is 14.3 Å². The lowest BCUT2D eigenvalue weighted by atomic mass is 9.82. The summed E-state index contributed by atoms with van der Waals surface area (Å²) in [5.74, 6) is -2.51. The van der Waals surface area contributed by atoms with Gasteiger partial charge in [0, 0.05) is 10.9 Å². The molecule has 2 N–H and O–H groups in total. The number of esters is 1. The number of pyridine rings is 1. The number of hydrazine groups is 1. The fourth-order valence-electron chi connectivity index (χ4n) is 4.69. The summed E-state index contributed by atoms with van der Waals surface area (Å²) >= 11 is 0. The van der Waals surface area contributed by atoms with Gasteiger partial charge in [-0.25, -0.2) is 19.0 Å². The number of fused-ring (bicyclic) bond motifs is 1. The maximum atomic E-state index is 13.4. The summed E-state index contributed by atoms with van der Waals surface area (Å²) < 4.78 is 18.6. The van der Waals surface area contributed by atoms with Crippen LogP contribution in [0.1, 0.15) is 42.5 Å². The summed E-state index contributed by atoms with van der Waals surface area (Å²) in [7, 11) is 0. The number of hydrogen-bond acceptors (Lipinski definition) is 6. The van der Waals surface area contributed by atoms with Gasteiger partial charge in [-0.05, 0) is 49.2 Å². The highest BCUT2D eigenvalue weighted by molar-refractivity contribution is 6.08. The third kappa shape index (κ3) is 4.37. The number of rotatable bonds is 5. The van der Waals surface area contributed by atoms with Crippen molar-refractivity contribution in [3.63, 3.8) is 0 Å². The number of aromatic nitrogens is 1. The number of para-hydroxylation sites is 1. The first-order valence-corrected chi connectivity index (χ1v) is 11.7. The van der Waals surface area contributed by atoms with Crippen LogP contribution in [0, 0.1) is 5.82 Å². The number of nitrogens with zero attached hydrogens (tertiary/aromatic N) is 2. The van der Waals surface area contributed by atoms with Crippen LogP contribution in [0.2, 0.25) is 0 Å². The van der Waals surface area contributed by atoms with Crippen LogP contribution in [0.15, 0.2) is 54.6 Å². The maximum Gasteiger partial charge on any atom is 0.344 e. The molecule has 0 bridgehead atoms. The van der Waals surface area contributed by atoms with E-state index in [2.05, 4.69) is 15.7 Å². The molecule has 2 fully saturated rings. The summed E-state index contributed by atoms with van der Waals surface area (Å²) in [5.41, 5.74) is 2.99. The molecule has 5 rings (SSSR count). The Bertz CT molecular complexity index is 1370. The summed E-state index contributed by atoms with van der Waals surface area (Å²) in [6, 6.07) is 13.4. The highest BCUT2D eigenvalue weighted by Crippen LogP contribution is 2.33. The Morgan fingerprint density at radius 2 is 1.78 bits per heavy atom. The Hall–Kier alpha value is -4.34. The van der Waals surface area contributed by atoms with Crippen LogP contribution >= 0.6 is 0 Å². The molecule has 10 heteroatoms. The quantitative estimate of drug-likeness (QED) is 0.418. The van der Waals surface area contributed by atoms with Crippen molar-refractivity contribution in [1.29, 1.82) is 0 Å². The van der Waals surface area contributed by atoms with Crippen molar-refractivity contribution in [1.82, 2.24) is 20.7 Å². The smallest absolute Gasteiger partial charge is 0.344 e. The highest BCUT2D eigenvalue weighted by atomic mass is 19.1. The molecular weight excluding hydrogens is 467 g/mol. The van der Waals surface area contributed by atoms with Gasteiger partial charge in [0.2, 0.25) is 0 Å². The number of benzene rings is 2. The van der Waals surface area contributed by atoms with Gasteiger partial charge in [0.05, 0.1) is 16.8 Å². The average molecular weight is 490 g/mol. The zero-order valence-corrected chi connectivity index (χ0v) is 19.3. The first-order chi connectivity index (χ1) is 17.4. The minimum absolute atomic E-state index is 0.170. The minimum atomic E-state index is -0.980. The number of hydrogen-bond donors (Lipinski definition) is 2. The summed E-state index contributed by atoms with van der Waals surface area (Å²) in [4.78, 5) is 55.1. The average Bonchev–Trinajstić information content (AvgIpc) is 3.11. The molecule has 1 aliphatic carbocycles. The highest BCUT2D eigenvalue weighted by Gasteiger charge is 2.52. The Labute approximate surface area is 205 Å². The second-order valence-corrected chi connectivity index (χ2v) is 8.90. The molecule has 0 radical (unpaired) electrons. The summed E-state index contributed by atoms with van der Waals surface area (Å²) in [5, 5.41) is 3.87. The van der Waals surface area contributed by atoms with Crippen LogP contribution in [0.25, 0.3) is 22.2 Å². The van der Waals surface area contributed by atoms with Crippen molar-refractivity contribution in [2.24, 2.45) is 0 Å². The van der Waals surface area contributed by atoms with Crippen LogP contribution in [0.5, 0.6) is 0 Å². The first kappa shape index (κ1) is 23.4. The van der Waals surface area contributed by atoms with Gasteiger partial charge in [-0.1, -0.05) is 37.5 Å². The maximum absolute atomic E-state index is 13.4. The molecule has 0 unspecified atom stereocenters. The monoisotopic (exact) mass is 490 g/mol. The Morgan fingerprint density at radius 3 is 2.53 bits per heavy atom. The fourth-order valence-corrected chi connectivity index (χ4v) is 4.69. The zero-order chi connectivity index (χ0) is 25.3. The largest absolute Gasteiger partial charge is 0.452 e. The van der Waals surface area contributed by atoms with Crippen LogP contribution in [0.4, 0.5) is 9.18 Å². The van der Waals surface area contributed by atoms with E-state index in [1.807, 2.05) is 0 Å². The van der Waals surface area contributed by atoms with Gasteiger partial charge in [0.15, 0.2) is 6.61 Å². The van der Waals surface area contributed by atoms with Crippen molar-refractivity contribution >= 4 is 34.7 Å². The predicted octanol–water partition coefficient (Wildman–Crippen LogP) is 3.48. The number of carbonyl (C=O) groups excluding carboxylic acids is 4. The number of urea groups is 1. The summed E-state index contributed by atoms with van der Waals surface area (Å²) in [6.45, 7) is -0.703. The van der Waals surface area contributed by atoms with Gasteiger partial charge < -0.3 is 10.1 Å². The minimum Gasteiger partial charge on any atom is -0.452 e. The lowest BCUT2D eigenvalue weighted by molar-refractivity contribution is -0.140.